The van der Waals surface area contributed by atoms with E-state index in [1.807, 2.05) is 23.6 Å². The number of nitrogens with zero attached hydrogens (tertiary/aromatic N) is 3. The third-order valence-electron chi connectivity index (χ3n) is 4.50. The van der Waals surface area contributed by atoms with Gasteiger partial charge in [0, 0.05) is 44.4 Å². The van der Waals surface area contributed by atoms with Crippen LogP contribution < -0.4 is 5.32 Å². The molecular weight excluding hydrogens is 452 g/mol. The lowest BCUT2D eigenvalue weighted by molar-refractivity contribution is 0.102. The van der Waals surface area contributed by atoms with Gasteiger partial charge in [-0.1, -0.05) is 6.07 Å². The van der Waals surface area contributed by atoms with E-state index in [1.165, 1.54) is 54.1 Å². The van der Waals surface area contributed by atoms with Gasteiger partial charge in [-0.15, -0.1) is 11.3 Å². The van der Waals surface area contributed by atoms with Crippen LogP contribution in [0.25, 0.3) is 11.4 Å². The van der Waals surface area contributed by atoms with Crippen molar-refractivity contribution in [3.8, 4) is 11.4 Å². The second-order valence-electron chi connectivity index (χ2n) is 6.62. The number of pyridine rings is 1. The first-order chi connectivity index (χ1) is 15.5. The van der Waals surface area contributed by atoms with E-state index in [9.17, 15) is 13.2 Å². The van der Waals surface area contributed by atoms with E-state index in [1.54, 1.807) is 6.20 Å². The van der Waals surface area contributed by atoms with Crippen molar-refractivity contribution in [1.82, 2.24) is 14.3 Å². The van der Waals surface area contributed by atoms with Crippen LogP contribution in [0, 0.1) is 0 Å². The molecule has 0 radical (unpaired) electrons. The molecule has 3 rings (SSSR count). The first kappa shape index (κ1) is 24.0. The highest BCUT2D eigenvalue weighted by molar-refractivity contribution is 7.89. The Morgan fingerprint density at radius 1 is 1.03 bits per heavy atom. The van der Waals surface area contributed by atoms with Crippen LogP contribution in [0.4, 0.5) is 5.13 Å². The third kappa shape index (κ3) is 5.96. The minimum atomic E-state index is -3.75. The van der Waals surface area contributed by atoms with E-state index < -0.39 is 10.0 Å². The minimum absolute atomic E-state index is 0.0907. The van der Waals surface area contributed by atoms with Gasteiger partial charge in [-0.3, -0.25) is 15.1 Å². The molecule has 0 saturated heterocycles. The van der Waals surface area contributed by atoms with Gasteiger partial charge in [0.1, 0.15) is 5.69 Å². The maximum absolute atomic E-state index is 13.0. The molecule has 1 aromatic carbocycles. The Kier molecular flexibility index (Phi) is 8.42. The number of sulfonamides is 1. The van der Waals surface area contributed by atoms with Crippen LogP contribution in [0.5, 0.6) is 0 Å². The van der Waals surface area contributed by atoms with Gasteiger partial charge in [-0.2, -0.15) is 4.31 Å². The predicted molar refractivity (Wildman–Crippen MR) is 122 cm³/mol. The van der Waals surface area contributed by atoms with Gasteiger partial charge in [-0.05, 0) is 36.4 Å². The van der Waals surface area contributed by atoms with Gasteiger partial charge in [0.25, 0.3) is 5.91 Å². The van der Waals surface area contributed by atoms with Crippen molar-refractivity contribution in [2.45, 2.75) is 4.90 Å². The molecule has 11 heteroatoms. The number of hydrogen-bond acceptors (Lipinski definition) is 8. The summed E-state index contributed by atoms with van der Waals surface area (Å²) in [6.07, 6.45) is 1.67. The van der Waals surface area contributed by atoms with Crippen molar-refractivity contribution >= 4 is 32.4 Å². The summed E-state index contributed by atoms with van der Waals surface area (Å²) in [5, 5.41) is 4.97. The van der Waals surface area contributed by atoms with E-state index in [0.717, 1.165) is 0 Å². The second-order valence-corrected chi connectivity index (χ2v) is 9.42. The second kappa shape index (κ2) is 11.2. The van der Waals surface area contributed by atoms with Crippen LogP contribution in [-0.2, 0) is 19.5 Å². The monoisotopic (exact) mass is 476 g/mol. The standard InChI is InChI=1S/C21H24N4O5S2/c1-29-13-11-25(12-14-30-2)32(27,28)17-8-6-16(7-9-17)20(26)24-21-23-19(15-31-21)18-5-3-4-10-22-18/h3-10,15H,11-14H2,1-2H3,(H,23,24,26). The third-order valence-corrected chi connectivity index (χ3v) is 7.17. The first-order valence-electron chi connectivity index (χ1n) is 9.72. The molecule has 2 heterocycles. The Morgan fingerprint density at radius 3 is 2.31 bits per heavy atom. The van der Waals surface area contributed by atoms with E-state index in [4.69, 9.17) is 9.47 Å². The molecule has 0 aliphatic carbocycles. The summed E-state index contributed by atoms with van der Waals surface area (Å²) in [4.78, 5) is 21.3. The largest absolute Gasteiger partial charge is 0.383 e. The van der Waals surface area contributed by atoms with Gasteiger partial charge in [-0.25, -0.2) is 13.4 Å². The molecule has 0 unspecified atom stereocenters. The maximum atomic E-state index is 13.0. The Labute approximate surface area is 191 Å². The highest BCUT2D eigenvalue weighted by atomic mass is 32.2. The number of carbonyl (C=O) groups excluding carboxylic acids is 1. The number of carbonyl (C=O) groups is 1. The molecule has 0 bridgehead atoms. The molecule has 0 aliphatic heterocycles. The molecule has 1 amide bonds. The average molecular weight is 477 g/mol. The van der Waals surface area contributed by atoms with Gasteiger partial charge in [0.15, 0.2) is 5.13 Å². The van der Waals surface area contributed by atoms with Crippen LogP contribution >= 0.6 is 11.3 Å². The number of methoxy groups -OCH3 is 2. The van der Waals surface area contributed by atoms with E-state index >= 15 is 0 Å². The van der Waals surface area contributed by atoms with Crippen molar-refractivity contribution < 1.29 is 22.7 Å². The summed E-state index contributed by atoms with van der Waals surface area (Å²) in [6.45, 7) is 0.926. The van der Waals surface area contributed by atoms with Crippen molar-refractivity contribution in [3.63, 3.8) is 0 Å². The average Bonchev–Trinajstić information content (AvgIpc) is 3.28. The molecule has 0 aliphatic rings. The fourth-order valence-corrected chi connectivity index (χ4v) is 4.91. The fraction of sp³-hybridized carbons (Fsp3) is 0.286. The highest BCUT2D eigenvalue weighted by Gasteiger charge is 2.24. The van der Waals surface area contributed by atoms with Crippen molar-refractivity contribution in [2.24, 2.45) is 0 Å². The molecule has 0 fully saturated rings. The number of rotatable bonds is 11. The summed E-state index contributed by atoms with van der Waals surface area (Å²) >= 11 is 1.28. The summed E-state index contributed by atoms with van der Waals surface area (Å²) in [5.74, 6) is -0.383. The molecule has 9 nitrogen and oxygen atoms in total. The lowest BCUT2D eigenvalue weighted by Gasteiger charge is -2.21. The first-order valence-corrected chi connectivity index (χ1v) is 12.0. The molecule has 3 aromatic rings. The number of aromatic nitrogens is 2. The van der Waals surface area contributed by atoms with E-state index in [2.05, 4.69) is 15.3 Å². The molecular formula is C21H24N4O5S2. The predicted octanol–water partition coefficient (Wildman–Crippen LogP) is 2.74. The zero-order valence-corrected chi connectivity index (χ0v) is 19.4. The number of thiazole rings is 1. The molecule has 32 heavy (non-hydrogen) atoms. The summed E-state index contributed by atoms with van der Waals surface area (Å²) < 4.78 is 37.2. The zero-order chi connectivity index (χ0) is 23.0. The maximum Gasteiger partial charge on any atom is 0.257 e. The number of benzene rings is 1. The Bertz CT molecular complexity index is 1110. The topological polar surface area (TPSA) is 111 Å². The Balaban J connectivity index is 1.70. The van der Waals surface area contributed by atoms with Crippen LogP contribution in [0.15, 0.2) is 58.9 Å². The van der Waals surface area contributed by atoms with Gasteiger partial charge >= 0.3 is 0 Å². The van der Waals surface area contributed by atoms with E-state index in [0.29, 0.717) is 22.1 Å². The molecule has 0 spiro atoms. The number of ether oxygens (including phenoxy) is 2. The normalized spacial score (nSPS) is 11.6. The SMILES string of the molecule is COCCN(CCOC)S(=O)(=O)c1ccc(C(=O)Nc2nc(-c3ccccn3)cs2)cc1. The quantitative estimate of drug-likeness (QED) is 0.453. The molecule has 2 aromatic heterocycles. The van der Waals surface area contributed by atoms with E-state index in [-0.39, 0.29) is 37.1 Å². The molecule has 170 valence electrons. The summed E-state index contributed by atoms with van der Waals surface area (Å²) in [7, 11) is -0.729. The van der Waals surface area contributed by atoms with Crippen molar-refractivity contribution in [1.29, 1.82) is 0 Å². The van der Waals surface area contributed by atoms with Crippen LogP contribution in [0.2, 0.25) is 0 Å². The van der Waals surface area contributed by atoms with Gasteiger partial charge in [0.05, 0.1) is 23.8 Å². The lowest BCUT2D eigenvalue weighted by Crippen LogP contribution is -2.36. The van der Waals surface area contributed by atoms with Gasteiger partial charge in [0.2, 0.25) is 10.0 Å². The number of hydrogen-bond donors (Lipinski definition) is 1. The zero-order valence-electron chi connectivity index (χ0n) is 17.7. The molecule has 0 atom stereocenters. The number of amides is 1. The van der Waals surface area contributed by atoms with Gasteiger partial charge < -0.3 is 9.47 Å². The highest BCUT2D eigenvalue weighted by Crippen LogP contribution is 2.24. The summed E-state index contributed by atoms with van der Waals surface area (Å²) in [5.41, 5.74) is 1.70. The van der Waals surface area contributed by atoms with Crippen LogP contribution in [0.3, 0.4) is 0 Å². The number of anilines is 1. The van der Waals surface area contributed by atoms with Crippen LogP contribution in [-0.4, -0.2) is 69.1 Å². The van der Waals surface area contributed by atoms with Crippen molar-refractivity contribution in [3.05, 3.63) is 59.6 Å². The summed E-state index contributed by atoms with van der Waals surface area (Å²) in [6, 6.07) is 11.3. The minimum Gasteiger partial charge on any atom is -0.383 e. The van der Waals surface area contributed by atoms with Crippen molar-refractivity contribution in [2.75, 3.05) is 45.8 Å². The molecule has 1 N–H and O–H groups in total. The Hall–Kier alpha value is -2.70. The smallest absolute Gasteiger partial charge is 0.257 e. The number of nitrogens with one attached hydrogen (secondary N) is 1. The fourth-order valence-electron chi connectivity index (χ4n) is 2.80. The van der Waals surface area contributed by atoms with Crippen LogP contribution in [0.1, 0.15) is 10.4 Å². The molecule has 0 saturated carbocycles. The Morgan fingerprint density at radius 2 is 1.72 bits per heavy atom. The lowest BCUT2D eigenvalue weighted by atomic mass is 10.2.